The van der Waals surface area contributed by atoms with Crippen molar-refractivity contribution in [2.75, 3.05) is 7.11 Å². The molecule has 0 bridgehead atoms. The van der Waals surface area contributed by atoms with E-state index in [-0.39, 0.29) is 5.97 Å². The van der Waals surface area contributed by atoms with Crippen LogP contribution in [0.4, 0.5) is 0 Å². The van der Waals surface area contributed by atoms with Gasteiger partial charge in [0.25, 0.3) is 0 Å². The van der Waals surface area contributed by atoms with E-state index in [4.69, 9.17) is 0 Å². The Morgan fingerprint density at radius 2 is 2.07 bits per heavy atom. The van der Waals surface area contributed by atoms with Gasteiger partial charge in [0.15, 0.2) is 0 Å². The van der Waals surface area contributed by atoms with E-state index in [2.05, 4.69) is 11.2 Å². The van der Waals surface area contributed by atoms with Crippen LogP contribution in [0.2, 0.25) is 0 Å². The molecule has 0 heterocycles. The third kappa shape index (κ3) is 2.13. The minimum atomic E-state index is -0.269. The van der Waals surface area contributed by atoms with E-state index in [1.807, 2.05) is 24.3 Å². The highest BCUT2D eigenvalue weighted by molar-refractivity contribution is 5.89. The number of esters is 1. The molecule has 1 fully saturated rings. The summed E-state index contributed by atoms with van der Waals surface area (Å²) in [5.41, 5.74) is 1.91. The van der Waals surface area contributed by atoms with E-state index >= 15 is 0 Å². The predicted octanol–water partition coefficient (Wildman–Crippen LogP) is 2.24. The summed E-state index contributed by atoms with van der Waals surface area (Å²) < 4.78 is 4.62. The van der Waals surface area contributed by atoms with Crippen molar-refractivity contribution in [2.45, 2.75) is 12.8 Å². The van der Waals surface area contributed by atoms with Gasteiger partial charge in [-0.3, -0.25) is 0 Å². The molecule has 2 rings (SSSR count). The second kappa shape index (κ2) is 3.82. The second-order valence-electron chi connectivity index (χ2n) is 3.62. The Kier molecular flexibility index (Phi) is 2.53. The van der Waals surface area contributed by atoms with Crippen LogP contribution in [0.25, 0.3) is 0 Å². The molecule has 1 aliphatic carbocycles. The van der Waals surface area contributed by atoms with Gasteiger partial charge in [-0.1, -0.05) is 12.1 Å². The highest BCUT2D eigenvalue weighted by atomic mass is 16.5. The van der Waals surface area contributed by atoms with Crippen molar-refractivity contribution in [3.8, 4) is 0 Å². The maximum Gasteiger partial charge on any atom is 0.337 e. The van der Waals surface area contributed by atoms with Gasteiger partial charge in [0.2, 0.25) is 0 Å². The fourth-order valence-corrected chi connectivity index (χ4v) is 1.46. The molecule has 0 saturated heterocycles. The zero-order chi connectivity index (χ0) is 9.97. The summed E-state index contributed by atoms with van der Waals surface area (Å²) in [5, 5.41) is 0. The molecule has 0 aliphatic heterocycles. The van der Waals surface area contributed by atoms with Gasteiger partial charge in [0.05, 0.1) is 12.7 Å². The first-order chi connectivity index (χ1) is 6.79. The monoisotopic (exact) mass is 189 g/mol. The smallest absolute Gasteiger partial charge is 0.337 e. The van der Waals surface area contributed by atoms with Gasteiger partial charge in [0, 0.05) is 0 Å². The zero-order valence-electron chi connectivity index (χ0n) is 8.19. The molecule has 1 radical (unpaired) electrons. The molecule has 0 spiro atoms. The molecule has 14 heavy (non-hydrogen) atoms. The first kappa shape index (κ1) is 9.25. The summed E-state index contributed by atoms with van der Waals surface area (Å²) in [4.78, 5) is 11.1. The first-order valence-electron chi connectivity index (χ1n) is 4.80. The molecule has 0 aromatic heterocycles. The molecule has 0 amide bonds. The Morgan fingerprint density at radius 1 is 1.43 bits per heavy atom. The SMILES string of the molecule is COC(=O)c1ccc(CC2[CH]C2)cc1. The number of carbonyl (C=O) groups is 1. The molecule has 1 aliphatic rings. The maximum absolute atomic E-state index is 11.1. The van der Waals surface area contributed by atoms with Crippen molar-refractivity contribution in [3.05, 3.63) is 41.8 Å². The number of ether oxygens (including phenoxy) is 1. The van der Waals surface area contributed by atoms with E-state index in [1.54, 1.807) is 0 Å². The lowest BCUT2D eigenvalue weighted by Gasteiger charge is -2.01. The summed E-state index contributed by atoms with van der Waals surface area (Å²) in [6.07, 6.45) is 4.63. The van der Waals surface area contributed by atoms with Gasteiger partial charge >= 0.3 is 5.97 Å². The molecule has 0 N–H and O–H groups in total. The number of carbonyl (C=O) groups excluding carboxylic acids is 1. The Labute approximate surface area is 83.9 Å². The number of rotatable bonds is 3. The topological polar surface area (TPSA) is 26.3 Å². The second-order valence-corrected chi connectivity index (χ2v) is 3.62. The van der Waals surface area contributed by atoms with Gasteiger partial charge in [-0.25, -0.2) is 4.79 Å². The van der Waals surface area contributed by atoms with E-state index < -0.39 is 0 Å². The van der Waals surface area contributed by atoms with Crippen LogP contribution in [0.3, 0.4) is 0 Å². The first-order valence-corrected chi connectivity index (χ1v) is 4.80. The highest BCUT2D eigenvalue weighted by Gasteiger charge is 2.21. The summed E-state index contributed by atoms with van der Waals surface area (Å²) in [6, 6.07) is 7.64. The van der Waals surface area contributed by atoms with Gasteiger partial charge in [-0.15, -0.1) is 0 Å². The molecule has 1 unspecified atom stereocenters. The van der Waals surface area contributed by atoms with Crippen LogP contribution in [-0.4, -0.2) is 13.1 Å². The van der Waals surface area contributed by atoms with Gasteiger partial charge in [-0.05, 0) is 42.9 Å². The van der Waals surface area contributed by atoms with Crippen molar-refractivity contribution in [2.24, 2.45) is 5.92 Å². The maximum atomic E-state index is 11.1. The van der Waals surface area contributed by atoms with E-state index in [0.29, 0.717) is 5.56 Å². The summed E-state index contributed by atoms with van der Waals surface area (Å²) in [6.45, 7) is 0. The van der Waals surface area contributed by atoms with Crippen LogP contribution < -0.4 is 0 Å². The number of benzene rings is 1. The minimum absolute atomic E-state index is 0.269. The highest BCUT2D eigenvalue weighted by Crippen LogP contribution is 2.31. The van der Waals surface area contributed by atoms with Crippen LogP contribution in [0.5, 0.6) is 0 Å². The number of hydrogen-bond donors (Lipinski definition) is 0. The molecule has 1 aromatic rings. The average molecular weight is 189 g/mol. The van der Waals surface area contributed by atoms with Crippen molar-refractivity contribution in [1.82, 2.24) is 0 Å². The molecule has 1 aromatic carbocycles. The van der Waals surface area contributed by atoms with Crippen molar-refractivity contribution >= 4 is 5.97 Å². The minimum Gasteiger partial charge on any atom is -0.465 e. The molecule has 73 valence electrons. The van der Waals surface area contributed by atoms with Crippen LogP contribution in [-0.2, 0) is 11.2 Å². The van der Waals surface area contributed by atoms with Crippen LogP contribution in [0.1, 0.15) is 22.3 Å². The zero-order valence-corrected chi connectivity index (χ0v) is 8.19. The Hall–Kier alpha value is -1.31. The summed E-state index contributed by atoms with van der Waals surface area (Å²) >= 11 is 0. The Morgan fingerprint density at radius 3 is 2.57 bits per heavy atom. The molecule has 2 heteroatoms. The van der Waals surface area contributed by atoms with Gasteiger partial charge in [-0.2, -0.15) is 0 Å². The van der Waals surface area contributed by atoms with Crippen molar-refractivity contribution in [3.63, 3.8) is 0 Å². The summed E-state index contributed by atoms with van der Waals surface area (Å²) in [7, 11) is 1.40. The molecule has 2 nitrogen and oxygen atoms in total. The lowest BCUT2D eigenvalue weighted by atomic mass is 10.1. The Balaban J connectivity index is 2.04. The van der Waals surface area contributed by atoms with Crippen LogP contribution >= 0.6 is 0 Å². The quantitative estimate of drug-likeness (QED) is 0.681. The third-order valence-electron chi connectivity index (χ3n) is 2.44. The van der Waals surface area contributed by atoms with Gasteiger partial charge in [0.1, 0.15) is 0 Å². The molecular formula is C12H13O2. The average Bonchev–Trinajstić information content (AvgIpc) is 3.02. The summed E-state index contributed by atoms with van der Waals surface area (Å²) in [5.74, 6) is 0.494. The van der Waals surface area contributed by atoms with Crippen molar-refractivity contribution < 1.29 is 9.53 Å². The molecular weight excluding hydrogens is 176 g/mol. The normalized spacial score (nSPS) is 15.2. The van der Waals surface area contributed by atoms with E-state index in [9.17, 15) is 4.79 Å². The van der Waals surface area contributed by atoms with E-state index in [0.717, 1.165) is 12.3 Å². The van der Waals surface area contributed by atoms with Crippen LogP contribution in [0, 0.1) is 12.3 Å². The fraction of sp³-hybridized carbons (Fsp3) is 0.333. The predicted molar refractivity (Wildman–Crippen MR) is 53.9 cm³/mol. The largest absolute Gasteiger partial charge is 0.465 e. The van der Waals surface area contributed by atoms with E-state index in [1.165, 1.54) is 19.1 Å². The lowest BCUT2D eigenvalue weighted by Crippen LogP contribution is -2.00. The molecule has 1 atom stereocenters. The number of methoxy groups -OCH3 is 1. The lowest BCUT2D eigenvalue weighted by molar-refractivity contribution is 0.0600. The Bertz CT molecular complexity index is 323. The molecule has 1 saturated carbocycles. The third-order valence-corrected chi connectivity index (χ3v) is 2.44. The fourth-order valence-electron chi connectivity index (χ4n) is 1.46. The number of hydrogen-bond acceptors (Lipinski definition) is 2. The standard InChI is InChI=1S/C12H13O2/c1-14-12(13)11-6-4-10(5-7-11)8-9-2-3-9/h2,4-7,9H,3,8H2,1H3. The van der Waals surface area contributed by atoms with Crippen LogP contribution in [0.15, 0.2) is 24.3 Å². The van der Waals surface area contributed by atoms with Gasteiger partial charge < -0.3 is 4.74 Å². The van der Waals surface area contributed by atoms with Crippen molar-refractivity contribution in [1.29, 1.82) is 0 Å².